The van der Waals surface area contributed by atoms with Gasteiger partial charge in [-0.05, 0) is 31.2 Å². The van der Waals surface area contributed by atoms with Gasteiger partial charge in [-0.3, -0.25) is 4.79 Å². The molecule has 0 saturated heterocycles. The molecule has 0 unspecified atom stereocenters. The van der Waals surface area contributed by atoms with Gasteiger partial charge in [0.05, 0.1) is 11.3 Å². The highest BCUT2D eigenvalue weighted by Gasteiger charge is 2.13. The summed E-state index contributed by atoms with van der Waals surface area (Å²) in [6.07, 6.45) is 1.67. The number of ketones is 1. The summed E-state index contributed by atoms with van der Waals surface area (Å²) in [7, 11) is 0. The molecular weight excluding hydrogens is 280 g/mol. The second-order valence-electron chi connectivity index (χ2n) is 4.62. The minimum Gasteiger partial charge on any atom is -0.489 e. The number of aryl methyl sites for hydroxylation is 1. The molecule has 2 aromatic carbocycles. The van der Waals surface area contributed by atoms with Gasteiger partial charge in [-0.1, -0.05) is 42.5 Å². The third-order valence-electron chi connectivity index (χ3n) is 2.91. The Kier molecular flexibility index (Phi) is 5.64. The maximum Gasteiger partial charge on any atom is 0.176 e. The van der Waals surface area contributed by atoms with Crippen LogP contribution in [0.2, 0.25) is 0 Å². The lowest BCUT2D eigenvalue weighted by Crippen LogP contribution is -2.07. The average molecular weight is 298 g/mol. The number of benzene rings is 2. The number of hydrogen-bond acceptors (Lipinski definition) is 3. The van der Waals surface area contributed by atoms with Crippen molar-refractivity contribution in [1.82, 2.24) is 0 Å². The molecule has 0 radical (unpaired) electrons. The van der Waals surface area contributed by atoms with Gasteiger partial charge in [-0.15, -0.1) is 11.8 Å². The van der Waals surface area contributed by atoms with Gasteiger partial charge < -0.3 is 4.74 Å². The van der Waals surface area contributed by atoms with Crippen molar-refractivity contribution in [2.24, 2.45) is 0 Å². The van der Waals surface area contributed by atoms with Crippen LogP contribution in [-0.4, -0.2) is 18.1 Å². The van der Waals surface area contributed by atoms with E-state index in [0.717, 1.165) is 10.5 Å². The Morgan fingerprint density at radius 2 is 2.00 bits per heavy atom. The maximum atomic E-state index is 12.4. The summed E-state index contributed by atoms with van der Waals surface area (Å²) in [6.45, 7) is 6.00. The van der Waals surface area contributed by atoms with Crippen molar-refractivity contribution in [3.8, 4) is 5.75 Å². The van der Waals surface area contributed by atoms with E-state index in [1.165, 1.54) is 11.8 Å². The first-order valence-corrected chi connectivity index (χ1v) is 7.74. The predicted molar refractivity (Wildman–Crippen MR) is 88.4 cm³/mol. The zero-order valence-corrected chi connectivity index (χ0v) is 12.9. The molecule has 0 N–H and O–H groups in total. The second kappa shape index (κ2) is 7.70. The van der Waals surface area contributed by atoms with Crippen LogP contribution in [0.3, 0.4) is 0 Å². The minimum absolute atomic E-state index is 0.0756. The van der Waals surface area contributed by atoms with Crippen LogP contribution in [0.1, 0.15) is 15.9 Å². The maximum absolute atomic E-state index is 12.4. The molecule has 0 heterocycles. The third kappa shape index (κ3) is 4.50. The van der Waals surface area contributed by atoms with Crippen molar-refractivity contribution in [3.63, 3.8) is 0 Å². The molecule has 0 saturated carbocycles. The molecule has 0 aliphatic heterocycles. The Morgan fingerprint density at radius 1 is 1.24 bits per heavy atom. The topological polar surface area (TPSA) is 26.3 Å². The molecule has 3 heteroatoms. The van der Waals surface area contributed by atoms with Crippen molar-refractivity contribution < 1.29 is 9.53 Å². The highest BCUT2D eigenvalue weighted by molar-refractivity contribution is 8.00. The number of thioether (sulfide) groups is 1. The largest absolute Gasteiger partial charge is 0.489 e. The van der Waals surface area contributed by atoms with Crippen molar-refractivity contribution in [3.05, 3.63) is 72.3 Å². The van der Waals surface area contributed by atoms with Crippen LogP contribution in [0, 0.1) is 6.92 Å². The molecule has 0 atom stereocenters. The van der Waals surface area contributed by atoms with Crippen LogP contribution in [0.4, 0.5) is 0 Å². The van der Waals surface area contributed by atoms with E-state index in [-0.39, 0.29) is 5.78 Å². The summed E-state index contributed by atoms with van der Waals surface area (Å²) in [5, 5.41) is 0. The summed E-state index contributed by atoms with van der Waals surface area (Å²) in [5.41, 5.74) is 1.69. The smallest absolute Gasteiger partial charge is 0.176 e. The monoisotopic (exact) mass is 298 g/mol. The van der Waals surface area contributed by atoms with Crippen LogP contribution in [0.25, 0.3) is 0 Å². The van der Waals surface area contributed by atoms with Gasteiger partial charge in [0, 0.05) is 4.90 Å². The zero-order valence-electron chi connectivity index (χ0n) is 12.0. The number of hydrogen-bond donors (Lipinski definition) is 0. The molecule has 2 aromatic rings. The van der Waals surface area contributed by atoms with Gasteiger partial charge in [0.25, 0.3) is 0 Å². The van der Waals surface area contributed by atoms with E-state index in [2.05, 4.69) is 6.58 Å². The van der Waals surface area contributed by atoms with Crippen molar-refractivity contribution in [2.75, 3.05) is 12.4 Å². The fraction of sp³-hybridized carbons (Fsp3) is 0.167. The highest BCUT2D eigenvalue weighted by atomic mass is 32.2. The van der Waals surface area contributed by atoms with Crippen LogP contribution >= 0.6 is 11.8 Å². The summed E-state index contributed by atoms with van der Waals surface area (Å²) < 4.78 is 5.57. The Balaban J connectivity index is 2.10. The average Bonchev–Trinajstić information content (AvgIpc) is 2.52. The number of rotatable bonds is 7. The Labute approximate surface area is 129 Å². The van der Waals surface area contributed by atoms with Gasteiger partial charge in [0.1, 0.15) is 12.4 Å². The van der Waals surface area contributed by atoms with E-state index in [1.807, 2.05) is 55.5 Å². The minimum atomic E-state index is 0.0756. The summed E-state index contributed by atoms with van der Waals surface area (Å²) in [4.78, 5) is 13.5. The molecule has 0 spiro atoms. The normalized spacial score (nSPS) is 10.1. The van der Waals surface area contributed by atoms with Crippen LogP contribution in [-0.2, 0) is 0 Å². The number of carbonyl (C=O) groups excluding carboxylic acids is 1. The van der Waals surface area contributed by atoms with Crippen LogP contribution < -0.4 is 4.74 Å². The first-order chi connectivity index (χ1) is 10.2. The van der Waals surface area contributed by atoms with Gasteiger partial charge in [-0.25, -0.2) is 0 Å². The first kappa shape index (κ1) is 15.4. The van der Waals surface area contributed by atoms with Gasteiger partial charge in [0.15, 0.2) is 5.78 Å². The Morgan fingerprint density at radius 3 is 2.71 bits per heavy atom. The lowest BCUT2D eigenvalue weighted by atomic mass is 10.1. The van der Waals surface area contributed by atoms with E-state index >= 15 is 0 Å². The molecule has 2 nitrogen and oxygen atoms in total. The molecule has 108 valence electrons. The predicted octanol–water partition coefficient (Wildman–Crippen LogP) is 4.53. The lowest BCUT2D eigenvalue weighted by Gasteiger charge is -2.10. The lowest BCUT2D eigenvalue weighted by molar-refractivity contribution is 0.101. The fourth-order valence-corrected chi connectivity index (χ4v) is 2.68. The summed E-state index contributed by atoms with van der Waals surface area (Å²) >= 11 is 1.54. The molecule has 0 aromatic heterocycles. The van der Waals surface area contributed by atoms with E-state index in [9.17, 15) is 4.79 Å². The zero-order chi connectivity index (χ0) is 15.1. The van der Waals surface area contributed by atoms with Gasteiger partial charge in [0.2, 0.25) is 0 Å². The standard InChI is InChI=1S/C18H18O2S/c1-3-11-20-18-10-9-14(2)12-16(18)17(19)13-21-15-7-5-4-6-8-15/h3-10,12H,1,11,13H2,2H3. The molecular formula is C18H18O2S. The fourth-order valence-electron chi connectivity index (χ4n) is 1.88. The first-order valence-electron chi connectivity index (χ1n) is 6.76. The van der Waals surface area contributed by atoms with E-state index in [1.54, 1.807) is 6.08 Å². The summed E-state index contributed by atoms with van der Waals surface area (Å²) in [6, 6.07) is 15.6. The number of ether oxygens (including phenoxy) is 1. The SMILES string of the molecule is C=CCOc1ccc(C)cc1C(=O)CSc1ccccc1. The molecule has 0 amide bonds. The van der Waals surface area contributed by atoms with Crippen molar-refractivity contribution in [1.29, 1.82) is 0 Å². The van der Waals surface area contributed by atoms with Crippen LogP contribution in [0.5, 0.6) is 5.75 Å². The van der Waals surface area contributed by atoms with Crippen molar-refractivity contribution >= 4 is 17.5 Å². The number of carbonyl (C=O) groups is 1. The highest BCUT2D eigenvalue weighted by Crippen LogP contribution is 2.24. The molecule has 0 bridgehead atoms. The molecule has 0 aliphatic carbocycles. The third-order valence-corrected chi connectivity index (χ3v) is 3.92. The Hall–Kier alpha value is -2.00. The van der Waals surface area contributed by atoms with Gasteiger partial charge in [-0.2, -0.15) is 0 Å². The van der Waals surface area contributed by atoms with Gasteiger partial charge >= 0.3 is 0 Å². The van der Waals surface area contributed by atoms with E-state index < -0.39 is 0 Å². The molecule has 21 heavy (non-hydrogen) atoms. The number of Topliss-reactive ketones (excluding diaryl/α,β-unsaturated/α-hetero) is 1. The van der Waals surface area contributed by atoms with Crippen molar-refractivity contribution in [2.45, 2.75) is 11.8 Å². The second-order valence-corrected chi connectivity index (χ2v) is 5.67. The molecule has 0 fully saturated rings. The van der Waals surface area contributed by atoms with Crippen LogP contribution in [0.15, 0.2) is 66.1 Å². The molecule has 2 rings (SSSR count). The van der Waals surface area contributed by atoms with E-state index in [4.69, 9.17) is 4.74 Å². The summed E-state index contributed by atoms with van der Waals surface area (Å²) in [5.74, 6) is 1.10. The molecule has 0 aliphatic rings. The quantitative estimate of drug-likeness (QED) is 0.426. The Bertz CT molecular complexity index is 620. The van der Waals surface area contributed by atoms with E-state index in [0.29, 0.717) is 23.7 Å².